The van der Waals surface area contributed by atoms with Crippen molar-refractivity contribution in [2.45, 2.75) is 13.5 Å². The van der Waals surface area contributed by atoms with E-state index < -0.39 is 0 Å². The molecular formula is C8H10ClNO. The maximum absolute atomic E-state index is 9.25. The van der Waals surface area contributed by atoms with Gasteiger partial charge in [-0.05, 0) is 24.1 Å². The fraction of sp³-hybridized carbons (Fsp3) is 0.250. The molecule has 0 atom stereocenters. The number of phenols is 1. The summed E-state index contributed by atoms with van der Waals surface area (Å²) in [5.74, 6) is 0.142. The van der Waals surface area contributed by atoms with Gasteiger partial charge in [0.25, 0.3) is 0 Å². The number of aromatic hydroxyl groups is 1. The first-order valence-corrected chi connectivity index (χ1v) is 3.71. The maximum atomic E-state index is 9.25. The monoisotopic (exact) mass is 171 g/mol. The van der Waals surface area contributed by atoms with Crippen LogP contribution in [0.3, 0.4) is 0 Å². The highest BCUT2D eigenvalue weighted by Crippen LogP contribution is 2.27. The summed E-state index contributed by atoms with van der Waals surface area (Å²) in [6.07, 6.45) is 0. The van der Waals surface area contributed by atoms with Gasteiger partial charge in [0.15, 0.2) is 0 Å². The van der Waals surface area contributed by atoms with Crippen LogP contribution >= 0.6 is 11.6 Å². The second-order valence-electron chi connectivity index (χ2n) is 2.45. The first-order chi connectivity index (χ1) is 5.15. The minimum Gasteiger partial charge on any atom is -0.506 e. The second kappa shape index (κ2) is 3.11. The lowest BCUT2D eigenvalue weighted by Gasteiger charge is -2.03. The van der Waals surface area contributed by atoms with E-state index in [2.05, 4.69) is 0 Å². The zero-order chi connectivity index (χ0) is 8.43. The maximum Gasteiger partial charge on any atom is 0.137 e. The standard InChI is InChI=1S/C8H10ClNO/c1-5-2-6(4-10)3-7(9)8(5)11/h2-3,11H,4,10H2,1H3. The van der Waals surface area contributed by atoms with Crippen molar-refractivity contribution in [1.29, 1.82) is 0 Å². The van der Waals surface area contributed by atoms with Crippen molar-refractivity contribution in [1.82, 2.24) is 0 Å². The molecule has 1 rings (SSSR count). The van der Waals surface area contributed by atoms with Crippen LogP contribution in [0.2, 0.25) is 5.02 Å². The molecule has 3 heteroatoms. The normalized spacial score (nSPS) is 10.1. The molecule has 1 aromatic carbocycles. The summed E-state index contributed by atoms with van der Waals surface area (Å²) in [7, 11) is 0. The summed E-state index contributed by atoms with van der Waals surface area (Å²) >= 11 is 5.69. The van der Waals surface area contributed by atoms with Crippen LogP contribution in [-0.4, -0.2) is 5.11 Å². The Balaban J connectivity index is 3.21. The van der Waals surface area contributed by atoms with Crippen LogP contribution < -0.4 is 5.73 Å². The summed E-state index contributed by atoms with van der Waals surface area (Å²) in [5, 5.41) is 9.62. The molecule has 0 amide bonds. The Morgan fingerprint density at radius 1 is 1.55 bits per heavy atom. The number of hydrogen-bond donors (Lipinski definition) is 2. The summed E-state index contributed by atoms with van der Waals surface area (Å²) in [6, 6.07) is 3.49. The van der Waals surface area contributed by atoms with E-state index in [0.29, 0.717) is 11.6 Å². The molecule has 0 bridgehead atoms. The molecule has 0 aliphatic rings. The van der Waals surface area contributed by atoms with E-state index in [4.69, 9.17) is 17.3 Å². The average Bonchev–Trinajstić information content (AvgIpc) is 1.99. The summed E-state index contributed by atoms with van der Waals surface area (Å²) in [6.45, 7) is 2.24. The molecule has 0 radical (unpaired) electrons. The number of hydrogen-bond acceptors (Lipinski definition) is 2. The van der Waals surface area contributed by atoms with Crippen molar-refractivity contribution in [3.05, 3.63) is 28.3 Å². The first-order valence-electron chi connectivity index (χ1n) is 3.33. The first kappa shape index (κ1) is 8.37. The molecule has 3 N–H and O–H groups in total. The van der Waals surface area contributed by atoms with Crippen LogP contribution in [0.5, 0.6) is 5.75 Å². The Bertz CT molecular complexity index is 250. The van der Waals surface area contributed by atoms with Crippen LogP contribution in [0.1, 0.15) is 11.1 Å². The van der Waals surface area contributed by atoms with E-state index in [-0.39, 0.29) is 5.75 Å². The van der Waals surface area contributed by atoms with Crippen LogP contribution in [0.15, 0.2) is 12.1 Å². The summed E-state index contributed by atoms with van der Waals surface area (Å²) < 4.78 is 0. The molecule has 0 heterocycles. The fourth-order valence-electron chi connectivity index (χ4n) is 0.925. The smallest absolute Gasteiger partial charge is 0.137 e. The van der Waals surface area contributed by atoms with Gasteiger partial charge >= 0.3 is 0 Å². The molecule has 0 unspecified atom stereocenters. The Labute approximate surface area is 70.6 Å². The quantitative estimate of drug-likeness (QED) is 0.677. The van der Waals surface area contributed by atoms with Crippen molar-refractivity contribution < 1.29 is 5.11 Å². The van der Waals surface area contributed by atoms with Crippen LogP contribution in [0, 0.1) is 6.92 Å². The minimum atomic E-state index is 0.142. The van der Waals surface area contributed by atoms with Gasteiger partial charge in [-0.25, -0.2) is 0 Å². The van der Waals surface area contributed by atoms with Crippen molar-refractivity contribution in [2.24, 2.45) is 5.73 Å². The van der Waals surface area contributed by atoms with Gasteiger partial charge in [0.05, 0.1) is 5.02 Å². The third kappa shape index (κ3) is 1.64. The zero-order valence-corrected chi connectivity index (χ0v) is 7.02. The lowest BCUT2D eigenvalue weighted by Crippen LogP contribution is -1.96. The van der Waals surface area contributed by atoms with E-state index in [1.807, 2.05) is 6.07 Å². The van der Waals surface area contributed by atoms with E-state index in [1.165, 1.54) is 0 Å². The Kier molecular flexibility index (Phi) is 2.37. The lowest BCUT2D eigenvalue weighted by atomic mass is 10.1. The van der Waals surface area contributed by atoms with Gasteiger partial charge < -0.3 is 10.8 Å². The molecular weight excluding hydrogens is 162 g/mol. The van der Waals surface area contributed by atoms with Crippen LogP contribution in [0.25, 0.3) is 0 Å². The van der Waals surface area contributed by atoms with Crippen molar-refractivity contribution in [3.63, 3.8) is 0 Å². The molecule has 0 fully saturated rings. The number of phenolic OH excluding ortho intramolecular Hbond substituents is 1. The summed E-state index contributed by atoms with van der Waals surface area (Å²) in [5.41, 5.74) is 7.09. The highest BCUT2D eigenvalue weighted by molar-refractivity contribution is 6.32. The highest BCUT2D eigenvalue weighted by atomic mass is 35.5. The number of benzene rings is 1. The molecule has 0 saturated heterocycles. The van der Waals surface area contributed by atoms with Gasteiger partial charge in [-0.15, -0.1) is 0 Å². The number of nitrogens with two attached hydrogens (primary N) is 1. The predicted octanol–water partition coefficient (Wildman–Crippen LogP) is 1.81. The van der Waals surface area contributed by atoms with Gasteiger partial charge in [-0.2, -0.15) is 0 Å². The van der Waals surface area contributed by atoms with Crippen LogP contribution in [-0.2, 0) is 6.54 Å². The third-order valence-electron chi connectivity index (χ3n) is 1.55. The summed E-state index contributed by atoms with van der Waals surface area (Å²) in [4.78, 5) is 0. The van der Waals surface area contributed by atoms with Crippen molar-refractivity contribution in [3.8, 4) is 5.75 Å². The van der Waals surface area contributed by atoms with Crippen molar-refractivity contribution in [2.75, 3.05) is 0 Å². The molecule has 2 nitrogen and oxygen atoms in total. The SMILES string of the molecule is Cc1cc(CN)cc(Cl)c1O. The van der Waals surface area contributed by atoms with E-state index in [0.717, 1.165) is 11.1 Å². The molecule has 0 spiro atoms. The molecule has 0 aliphatic carbocycles. The second-order valence-corrected chi connectivity index (χ2v) is 2.85. The third-order valence-corrected chi connectivity index (χ3v) is 1.84. The zero-order valence-electron chi connectivity index (χ0n) is 6.26. The minimum absolute atomic E-state index is 0.142. The van der Waals surface area contributed by atoms with Gasteiger partial charge in [-0.1, -0.05) is 17.7 Å². The van der Waals surface area contributed by atoms with Gasteiger partial charge in [0.2, 0.25) is 0 Å². The van der Waals surface area contributed by atoms with E-state index >= 15 is 0 Å². The molecule has 0 aromatic heterocycles. The molecule has 1 aromatic rings. The van der Waals surface area contributed by atoms with E-state index in [9.17, 15) is 5.11 Å². The van der Waals surface area contributed by atoms with Gasteiger partial charge in [0.1, 0.15) is 5.75 Å². The fourth-order valence-corrected chi connectivity index (χ4v) is 1.21. The molecule has 60 valence electrons. The van der Waals surface area contributed by atoms with Crippen molar-refractivity contribution >= 4 is 11.6 Å². The van der Waals surface area contributed by atoms with Crippen LogP contribution in [0.4, 0.5) is 0 Å². The molecule has 11 heavy (non-hydrogen) atoms. The van der Waals surface area contributed by atoms with Gasteiger partial charge in [0, 0.05) is 6.54 Å². The van der Waals surface area contributed by atoms with Gasteiger partial charge in [-0.3, -0.25) is 0 Å². The van der Waals surface area contributed by atoms with E-state index in [1.54, 1.807) is 13.0 Å². The highest BCUT2D eigenvalue weighted by Gasteiger charge is 2.02. The largest absolute Gasteiger partial charge is 0.506 e. The number of aryl methyl sites for hydroxylation is 1. The number of rotatable bonds is 1. The Hall–Kier alpha value is -0.730. The Morgan fingerprint density at radius 3 is 2.64 bits per heavy atom. The topological polar surface area (TPSA) is 46.2 Å². The molecule has 0 saturated carbocycles. The predicted molar refractivity (Wildman–Crippen MR) is 45.7 cm³/mol. The molecule has 0 aliphatic heterocycles. The Morgan fingerprint density at radius 2 is 2.18 bits per heavy atom. The average molecular weight is 172 g/mol. The number of halogens is 1. The lowest BCUT2D eigenvalue weighted by molar-refractivity contribution is 0.471.